The van der Waals surface area contributed by atoms with Crippen LogP contribution in [0, 0.1) is 6.92 Å². The van der Waals surface area contributed by atoms with Gasteiger partial charge in [0.1, 0.15) is 0 Å². The van der Waals surface area contributed by atoms with Crippen LogP contribution in [-0.2, 0) is 10.0 Å². The van der Waals surface area contributed by atoms with Crippen molar-refractivity contribution < 1.29 is 8.42 Å². The van der Waals surface area contributed by atoms with Gasteiger partial charge in [0, 0.05) is 38.7 Å². The van der Waals surface area contributed by atoms with Crippen molar-refractivity contribution in [3.63, 3.8) is 0 Å². The van der Waals surface area contributed by atoms with Crippen molar-refractivity contribution in [2.75, 3.05) is 32.1 Å². The summed E-state index contributed by atoms with van der Waals surface area (Å²) in [6, 6.07) is 18.9. The summed E-state index contributed by atoms with van der Waals surface area (Å²) >= 11 is 0. The van der Waals surface area contributed by atoms with E-state index in [4.69, 9.17) is 9.97 Å². The summed E-state index contributed by atoms with van der Waals surface area (Å²) in [7, 11) is 0.337. The van der Waals surface area contributed by atoms with Gasteiger partial charge in [0.15, 0.2) is 0 Å². The van der Waals surface area contributed by atoms with Crippen LogP contribution in [0.2, 0.25) is 0 Å². The minimum Gasteiger partial charge on any atom is -0.347 e. The molecule has 4 rings (SSSR count). The first-order valence-corrected chi connectivity index (χ1v) is 11.5. The van der Waals surface area contributed by atoms with E-state index in [1.165, 1.54) is 5.56 Å². The highest BCUT2D eigenvalue weighted by Gasteiger charge is 2.34. The molecule has 1 unspecified atom stereocenters. The van der Waals surface area contributed by atoms with Crippen LogP contribution in [-0.4, -0.2) is 49.9 Å². The number of sulfonamides is 1. The monoisotopic (exact) mass is 422 g/mol. The molecule has 1 aliphatic heterocycles. The van der Waals surface area contributed by atoms with Gasteiger partial charge in [-0.05, 0) is 31.5 Å². The molecule has 30 heavy (non-hydrogen) atoms. The van der Waals surface area contributed by atoms with Crippen molar-refractivity contribution in [2.45, 2.75) is 24.2 Å². The van der Waals surface area contributed by atoms with E-state index in [2.05, 4.69) is 31.2 Å². The van der Waals surface area contributed by atoms with Crippen LogP contribution in [0.25, 0.3) is 11.3 Å². The lowest BCUT2D eigenvalue weighted by atomic mass is 10.0. The molecule has 0 N–H and O–H groups in total. The lowest BCUT2D eigenvalue weighted by Gasteiger charge is -2.18. The van der Waals surface area contributed by atoms with E-state index in [1.54, 1.807) is 28.6 Å². The lowest BCUT2D eigenvalue weighted by Crippen LogP contribution is -2.28. The molecule has 1 saturated heterocycles. The summed E-state index contributed by atoms with van der Waals surface area (Å²) in [6.07, 6.45) is 0.739. The van der Waals surface area contributed by atoms with Crippen LogP contribution < -0.4 is 4.90 Å². The van der Waals surface area contributed by atoms with Crippen molar-refractivity contribution in [1.82, 2.24) is 14.3 Å². The number of aromatic nitrogens is 2. The van der Waals surface area contributed by atoms with E-state index < -0.39 is 10.0 Å². The number of anilines is 1. The van der Waals surface area contributed by atoms with Gasteiger partial charge in [0.25, 0.3) is 0 Å². The first-order chi connectivity index (χ1) is 14.3. The van der Waals surface area contributed by atoms with E-state index >= 15 is 0 Å². The predicted molar refractivity (Wildman–Crippen MR) is 119 cm³/mol. The predicted octanol–water partition coefficient (Wildman–Crippen LogP) is 3.70. The molecule has 156 valence electrons. The van der Waals surface area contributed by atoms with Gasteiger partial charge in [-0.3, -0.25) is 0 Å². The highest BCUT2D eigenvalue weighted by Crippen LogP contribution is 2.32. The molecule has 1 fully saturated rings. The molecule has 3 aromatic rings. The largest absolute Gasteiger partial charge is 0.347 e. The molecular formula is C23H26N4O2S. The second-order valence-corrected chi connectivity index (χ2v) is 9.84. The summed E-state index contributed by atoms with van der Waals surface area (Å²) in [6.45, 7) is 2.97. The van der Waals surface area contributed by atoms with E-state index in [0.29, 0.717) is 23.9 Å². The van der Waals surface area contributed by atoms with E-state index in [0.717, 1.165) is 23.4 Å². The van der Waals surface area contributed by atoms with Gasteiger partial charge in [0.05, 0.1) is 16.3 Å². The van der Waals surface area contributed by atoms with Gasteiger partial charge in [-0.15, -0.1) is 0 Å². The molecular weight excluding hydrogens is 396 g/mol. The van der Waals surface area contributed by atoms with Crippen LogP contribution in [0.3, 0.4) is 0 Å². The fourth-order valence-corrected chi connectivity index (χ4v) is 5.18. The zero-order valence-corrected chi connectivity index (χ0v) is 18.3. The average molecular weight is 423 g/mol. The van der Waals surface area contributed by atoms with Crippen molar-refractivity contribution in [2.24, 2.45) is 0 Å². The second kappa shape index (κ2) is 8.16. The highest BCUT2D eigenvalue weighted by molar-refractivity contribution is 7.89. The third-order valence-electron chi connectivity index (χ3n) is 5.43. The first-order valence-electron chi connectivity index (χ1n) is 10.0. The van der Waals surface area contributed by atoms with Gasteiger partial charge in [-0.1, -0.05) is 48.0 Å². The van der Waals surface area contributed by atoms with Crippen LogP contribution >= 0.6 is 0 Å². The van der Waals surface area contributed by atoms with Gasteiger partial charge >= 0.3 is 0 Å². The molecule has 6 nitrogen and oxygen atoms in total. The summed E-state index contributed by atoms with van der Waals surface area (Å²) in [5, 5.41) is 0. The van der Waals surface area contributed by atoms with Crippen molar-refractivity contribution in [1.29, 1.82) is 0 Å². The molecule has 0 bridgehead atoms. The highest BCUT2D eigenvalue weighted by atomic mass is 32.2. The molecule has 0 aliphatic carbocycles. The zero-order chi connectivity index (χ0) is 21.3. The quantitative estimate of drug-likeness (QED) is 0.627. The van der Waals surface area contributed by atoms with E-state index in [9.17, 15) is 8.42 Å². The fraction of sp³-hybridized carbons (Fsp3) is 0.304. The molecule has 0 amide bonds. The third kappa shape index (κ3) is 4.08. The SMILES string of the molecule is Cc1ccc(-c2cc(C3CCN(S(=O)(=O)c4ccccc4)C3)nc(N(C)C)n2)cc1. The molecule has 0 saturated carbocycles. The Morgan fingerprint density at radius 2 is 1.70 bits per heavy atom. The van der Waals surface area contributed by atoms with Crippen LogP contribution in [0.15, 0.2) is 65.6 Å². The maximum atomic E-state index is 13.0. The standard InChI is InChI=1S/C23H26N4O2S/c1-17-9-11-18(12-10-17)21-15-22(25-23(24-21)26(2)3)19-13-14-27(16-19)30(28,29)20-7-5-4-6-8-20/h4-12,15,19H,13-14,16H2,1-3H3. The molecule has 0 radical (unpaired) electrons. The Balaban J connectivity index is 1.65. The summed E-state index contributed by atoms with van der Waals surface area (Å²) < 4.78 is 27.5. The molecule has 1 aliphatic rings. The average Bonchev–Trinajstić information content (AvgIpc) is 3.26. The minimum absolute atomic E-state index is 0.0365. The van der Waals surface area contributed by atoms with Crippen molar-refractivity contribution in [3.8, 4) is 11.3 Å². The summed E-state index contributed by atoms with van der Waals surface area (Å²) in [5.41, 5.74) is 3.96. The topological polar surface area (TPSA) is 66.4 Å². The van der Waals surface area contributed by atoms with E-state index in [1.807, 2.05) is 31.1 Å². The molecule has 2 aromatic carbocycles. The zero-order valence-electron chi connectivity index (χ0n) is 17.5. The smallest absolute Gasteiger partial charge is 0.243 e. The number of benzene rings is 2. The normalized spacial score (nSPS) is 17.2. The summed E-state index contributed by atoms with van der Waals surface area (Å²) in [4.78, 5) is 11.7. The Kier molecular flexibility index (Phi) is 5.58. The van der Waals surface area contributed by atoms with E-state index in [-0.39, 0.29) is 5.92 Å². The molecule has 1 atom stereocenters. The van der Waals surface area contributed by atoms with Gasteiger partial charge in [0.2, 0.25) is 16.0 Å². The second-order valence-electron chi connectivity index (χ2n) is 7.90. The number of aryl methyl sites for hydroxylation is 1. The Hall–Kier alpha value is -2.77. The number of hydrogen-bond acceptors (Lipinski definition) is 5. The number of hydrogen-bond donors (Lipinski definition) is 0. The lowest BCUT2D eigenvalue weighted by molar-refractivity contribution is 0.472. The molecule has 0 spiro atoms. The third-order valence-corrected chi connectivity index (χ3v) is 7.31. The Bertz CT molecular complexity index is 1130. The molecule has 7 heteroatoms. The molecule has 1 aromatic heterocycles. The number of rotatable bonds is 5. The first kappa shape index (κ1) is 20.5. The van der Waals surface area contributed by atoms with Crippen molar-refractivity contribution >= 4 is 16.0 Å². The van der Waals surface area contributed by atoms with Crippen LogP contribution in [0.5, 0.6) is 0 Å². The minimum atomic E-state index is -3.49. The Morgan fingerprint density at radius 3 is 2.37 bits per heavy atom. The summed E-state index contributed by atoms with van der Waals surface area (Å²) in [5.74, 6) is 0.668. The maximum Gasteiger partial charge on any atom is 0.243 e. The van der Waals surface area contributed by atoms with Crippen LogP contribution in [0.1, 0.15) is 23.6 Å². The Labute approximate surface area is 178 Å². The van der Waals surface area contributed by atoms with Gasteiger partial charge < -0.3 is 4.90 Å². The Morgan fingerprint density at radius 1 is 1.00 bits per heavy atom. The number of nitrogens with zero attached hydrogens (tertiary/aromatic N) is 4. The van der Waals surface area contributed by atoms with Crippen molar-refractivity contribution in [3.05, 3.63) is 71.9 Å². The fourth-order valence-electron chi connectivity index (χ4n) is 3.66. The van der Waals surface area contributed by atoms with Crippen LogP contribution in [0.4, 0.5) is 5.95 Å². The molecule has 2 heterocycles. The maximum absolute atomic E-state index is 13.0. The van der Waals surface area contributed by atoms with Gasteiger partial charge in [-0.25, -0.2) is 18.4 Å². The van der Waals surface area contributed by atoms with Gasteiger partial charge in [-0.2, -0.15) is 4.31 Å².